The van der Waals surface area contributed by atoms with Gasteiger partial charge in [0.1, 0.15) is 0 Å². The van der Waals surface area contributed by atoms with Gasteiger partial charge in [-0.3, -0.25) is 0 Å². The predicted molar refractivity (Wildman–Crippen MR) is 121 cm³/mol. The predicted octanol–water partition coefficient (Wildman–Crippen LogP) is 5.35. The van der Waals surface area contributed by atoms with Crippen LogP contribution in [0.25, 0.3) is 22.8 Å². The molecule has 30 heavy (non-hydrogen) atoms. The monoisotopic (exact) mass is 402 g/mol. The molecule has 5 nitrogen and oxygen atoms in total. The van der Waals surface area contributed by atoms with Crippen molar-refractivity contribution in [3.63, 3.8) is 0 Å². The Kier molecular flexibility index (Phi) is 5.30. The highest BCUT2D eigenvalue weighted by Gasteiger charge is 2.37. The molecular weight excluding hydrogens is 372 g/mol. The number of nitrogens with zero attached hydrogens (tertiary/aromatic N) is 3. The highest BCUT2D eigenvalue weighted by Crippen LogP contribution is 2.46. The maximum Gasteiger partial charge on any atom is 0.258 e. The van der Waals surface area contributed by atoms with E-state index in [-0.39, 0.29) is 0 Å². The number of hydrogen-bond donors (Lipinski definition) is 1. The van der Waals surface area contributed by atoms with Crippen LogP contribution >= 0.6 is 0 Å². The van der Waals surface area contributed by atoms with Gasteiger partial charge in [-0.05, 0) is 62.0 Å². The Labute approximate surface area is 178 Å². The number of benzene rings is 2. The van der Waals surface area contributed by atoms with E-state index in [0.29, 0.717) is 23.7 Å². The van der Waals surface area contributed by atoms with Gasteiger partial charge in [0.25, 0.3) is 5.89 Å². The van der Waals surface area contributed by atoms with Crippen molar-refractivity contribution in [3.05, 3.63) is 53.6 Å². The van der Waals surface area contributed by atoms with Crippen LogP contribution in [0.1, 0.15) is 50.2 Å². The molecular formula is C25H30N4O. The van der Waals surface area contributed by atoms with Crippen molar-refractivity contribution in [1.29, 1.82) is 0 Å². The summed E-state index contributed by atoms with van der Waals surface area (Å²) in [5, 5.41) is 7.90. The first kappa shape index (κ1) is 19.3. The number of hydrogen-bond acceptors (Lipinski definition) is 5. The standard InChI is InChI=1S/C25H30N4O/c1-3-12-29(13-4-2)19-14-18-16-26-22-11-10-20(21(15-19)23(18)22)25-27-24(28-30-25)17-8-6-5-7-9-17/h5-11,18-19,26H,3-4,12-16H2,1-2H3/t18-,19-/m0/s1. The summed E-state index contributed by atoms with van der Waals surface area (Å²) in [7, 11) is 0. The van der Waals surface area contributed by atoms with Gasteiger partial charge in [0.15, 0.2) is 0 Å². The molecule has 2 atom stereocenters. The van der Waals surface area contributed by atoms with Gasteiger partial charge >= 0.3 is 0 Å². The number of aromatic nitrogens is 2. The molecule has 1 aliphatic heterocycles. The first-order valence-corrected chi connectivity index (χ1v) is 11.3. The second kappa shape index (κ2) is 8.23. The topological polar surface area (TPSA) is 54.2 Å². The molecule has 2 aliphatic rings. The van der Waals surface area contributed by atoms with Crippen LogP contribution < -0.4 is 5.32 Å². The van der Waals surface area contributed by atoms with E-state index in [1.807, 2.05) is 30.3 Å². The molecule has 156 valence electrons. The van der Waals surface area contributed by atoms with Crippen LogP contribution in [0, 0.1) is 0 Å². The van der Waals surface area contributed by atoms with Crippen molar-refractivity contribution in [3.8, 4) is 22.8 Å². The molecule has 5 rings (SSSR count). The minimum absolute atomic E-state index is 0.571. The van der Waals surface area contributed by atoms with E-state index in [1.54, 1.807) is 0 Å². The summed E-state index contributed by atoms with van der Waals surface area (Å²) in [5.41, 5.74) is 6.26. The minimum atomic E-state index is 0.571. The van der Waals surface area contributed by atoms with E-state index in [9.17, 15) is 0 Å². The molecule has 0 spiro atoms. The lowest BCUT2D eigenvalue weighted by Crippen LogP contribution is -2.41. The van der Waals surface area contributed by atoms with Crippen LogP contribution in [-0.4, -0.2) is 40.7 Å². The molecule has 0 radical (unpaired) electrons. The summed E-state index contributed by atoms with van der Waals surface area (Å²) in [6, 6.07) is 15.0. The van der Waals surface area contributed by atoms with E-state index >= 15 is 0 Å². The number of rotatable bonds is 7. The Hall–Kier alpha value is -2.66. The summed E-state index contributed by atoms with van der Waals surface area (Å²) in [6.07, 6.45) is 4.68. The fourth-order valence-corrected chi connectivity index (χ4v) is 5.26. The van der Waals surface area contributed by atoms with E-state index in [4.69, 9.17) is 9.51 Å². The van der Waals surface area contributed by atoms with Crippen LogP contribution in [0.15, 0.2) is 47.0 Å². The summed E-state index contributed by atoms with van der Waals surface area (Å²) in [4.78, 5) is 7.46. The zero-order valence-electron chi connectivity index (χ0n) is 17.9. The zero-order chi connectivity index (χ0) is 20.5. The summed E-state index contributed by atoms with van der Waals surface area (Å²) in [5.74, 6) is 1.86. The molecule has 2 aromatic carbocycles. The van der Waals surface area contributed by atoms with Crippen molar-refractivity contribution in [2.24, 2.45) is 0 Å². The second-order valence-electron chi connectivity index (χ2n) is 8.55. The quantitative estimate of drug-likeness (QED) is 0.577. The third-order valence-corrected chi connectivity index (χ3v) is 6.53. The Morgan fingerprint density at radius 3 is 2.63 bits per heavy atom. The highest BCUT2D eigenvalue weighted by molar-refractivity contribution is 5.73. The first-order chi connectivity index (χ1) is 14.8. The highest BCUT2D eigenvalue weighted by atomic mass is 16.5. The van der Waals surface area contributed by atoms with Gasteiger partial charge < -0.3 is 14.7 Å². The molecule has 0 bridgehead atoms. The van der Waals surface area contributed by atoms with Crippen LogP contribution in [0.5, 0.6) is 0 Å². The number of anilines is 1. The molecule has 0 amide bonds. The van der Waals surface area contributed by atoms with Crippen molar-refractivity contribution >= 4 is 5.69 Å². The van der Waals surface area contributed by atoms with Crippen LogP contribution in [0.2, 0.25) is 0 Å². The second-order valence-corrected chi connectivity index (χ2v) is 8.55. The largest absolute Gasteiger partial charge is 0.384 e. The molecule has 1 N–H and O–H groups in total. The first-order valence-electron chi connectivity index (χ1n) is 11.3. The molecule has 2 heterocycles. The zero-order valence-corrected chi connectivity index (χ0v) is 17.9. The lowest BCUT2D eigenvalue weighted by molar-refractivity contribution is 0.172. The lowest BCUT2D eigenvalue weighted by Gasteiger charge is -2.37. The van der Waals surface area contributed by atoms with E-state index in [1.165, 1.54) is 49.2 Å². The van der Waals surface area contributed by atoms with Gasteiger partial charge in [0.05, 0.1) is 0 Å². The van der Waals surface area contributed by atoms with Crippen molar-refractivity contribution in [2.75, 3.05) is 25.0 Å². The third-order valence-electron chi connectivity index (χ3n) is 6.53. The van der Waals surface area contributed by atoms with Gasteiger partial charge in [-0.25, -0.2) is 0 Å². The van der Waals surface area contributed by atoms with Gasteiger partial charge in [-0.15, -0.1) is 0 Å². The molecule has 0 fully saturated rings. The van der Waals surface area contributed by atoms with Gasteiger partial charge in [-0.2, -0.15) is 4.98 Å². The Bertz CT molecular complexity index is 1010. The maximum atomic E-state index is 5.76. The average molecular weight is 403 g/mol. The Morgan fingerprint density at radius 1 is 1.07 bits per heavy atom. The smallest absolute Gasteiger partial charge is 0.258 e. The molecule has 1 aromatic heterocycles. The molecule has 0 unspecified atom stereocenters. The van der Waals surface area contributed by atoms with Gasteiger partial charge in [0.2, 0.25) is 5.82 Å². The lowest BCUT2D eigenvalue weighted by atomic mass is 9.78. The molecule has 0 saturated heterocycles. The summed E-state index contributed by atoms with van der Waals surface area (Å²) >= 11 is 0. The van der Waals surface area contributed by atoms with Crippen LogP contribution in [0.4, 0.5) is 5.69 Å². The fraction of sp³-hybridized carbons (Fsp3) is 0.440. The average Bonchev–Trinajstić information content (AvgIpc) is 3.43. The summed E-state index contributed by atoms with van der Waals surface area (Å²) < 4.78 is 5.76. The SMILES string of the molecule is CCCN(CCC)[C@@H]1Cc2c(-c3nc(-c4ccccc4)no3)ccc3c2[C@H](CN3)C1. The van der Waals surface area contributed by atoms with Crippen LogP contribution in [0.3, 0.4) is 0 Å². The molecule has 5 heteroatoms. The molecule has 1 aliphatic carbocycles. The number of nitrogens with one attached hydrogen (secondary N) is 1. The van der Waals surface area contributed by atoms with E-state index < -0.39 is 0 Å². The Morgan fingerprint density at radius 2 is 1.87 bits per heavy atom. The fourth-order valence-electron chi connectivity index (χ4n) is 5.26. The molecule has 0 saturated carbocycles. The van der Waals surface area contributed by atoms with Crippen molar-refractivity contribution < 1.29 is 4.52 Å². The van der Waals surface area contributed by atoms with Gasteiger partial charge in [0, 0.05) is 35.3 Å². The molecule has 3 aromatic rings. The van der Waals surface area contributed by atoms with Crippen LogP contribution in [-0.2, 0) is 6.42 Å². The van der Waals surface area contributed by atoms with Crippen molar-refractivity contribution in [1.82, 2.24) is 15.0 Å². The summed E-state index contributed by atoms with van der Waals surface area (Å²) in [6.45, 7) is 7.93. The van der Waals surface area contributed by atoms with E-state index in [0.717, 1.165) is 24.1 Å². The van der Waals surface area contributed by atoms with E-state index in [2.05, 4.69) is 41.4 Å². The Balaban J connectivity index is 1.52. The third kappa shape index (κ3) is 3.41. The maximum absolute atomic E-state index is 5.76. The minimum Gasteiger partial charge on any atom is -0.384 e. The van der Waals surface area contributed by atoms with Crippen molar-refractivity contribution in [2.45, 2.75) is 51.5 Å². The van der Waals surface area contributed by atoms with Gasteiger partial charge in [-0.1, -0.05) is 49.3 Å². The normalized spacial score (nSPS) is 19.7.